The van der Waals surface area contributed by atoms with Crippen LogP contribution < -0.4 is 10.1 Å². The van der Waals surface area contributed by atoms with E-state index < -0.39 is 6.61 Å². The van der Waals surface area contributed by atoms with Crippen molar-refractivity contribution < 1.29 is 18.3 Å². The zero-order valence-corrected chi connectivity index (χ0v) is 14.8. The second kappa shape index (κ2) is 9.00. The van der Waals surface area contributed by atoms with Crippen LogP contribution in [0.1, 0.15) is 16.1 Å². The summed E-state index contributed by atoms with van der Waals surface area (Å²) >= 11 is 1.31. The van der Waals surface area contributed by atoms with Crippen molar-refractivity contribution in [3.8, 4) is 5.75 Å². The molecule has 0 aliphatic carbocycles. The molecule has 0 unspecified atom stereocenters. The predicted molar refractivity (Wildman–Crippen MR) is 99.9 cm³/mol. The van der Waals surface area contributed by atoms with E-state index in [2.05, 4.69) is 20.3 Å². The van der Waals surface area contributed by atoms with Gasteiger partial charge in [0.15, 0.2) is 0 Å². The minimum Gasteiger partial charge on any atom is -0.435 e. The number of rotatable bonds is 7. The lowest BCUT2D eigenvalue weighted by Gasteiger charge is -2.03. The molecule has 3 aromatic rings. The van der Waals surface area contributed by atoms with Crippen LogP contribution in [0.15, 0.2) is 60.7 Å². The molecule has 1 N–H and O–H groups in total. The van der Waals surface area contributed by atoms with Gasteiger partial charge in [0, 0.05) is 12.5 Å². The van der Waals surface area contributed by atoms with Crippen LogP contribution in [-0.2, 0) is 11.2 Å². The fourth-order valence-corrected chi connectivity index (χ4v) is 3.00. The van der Waals surface area contributed by atoms with Gasteiger partial charge in [0.05, 0.1) is 0 Å². The molecular formula is C19H15F2N3O2S. The third kappa shape index (κ3) is 5.96. The first kappa shape index (κ1) is 18.7. The molecule has 1 aromatic heterocycles. The summed E-state index contributed by atoms with van der Waals surface area (Å²) in [5.74, 6) is -0.295. The van der Waals surface area contributed by atoms with Crippen molar-refractivity contribution in [1.82, 2.24) is 10.2 Å². The fourth-order valence-electron chi connectivity index (χ4n) is 2.23. The second-order valence-electron chi connectivity index (χ2n) is 5.43. The lowest BCUT2D eigenvalue weighted by molar-refractivity contribution is -0.111. The van der Waals surface area contributed by atoms with Crippen LogP contribution in [0, 0.1) is 0 Å². The third-order valence-corrected chi connectivity index (χ3v) is 4.27. The van der Waals surface area contributed by atoms with Gasteiger partial charge in [0.1, 0.15) is 10.8 Å². The van der Waals surface area contributed by atoms with E-state index in [1.54, 1.807) is 18.2 Å². The van der Waals surface area contributed by atoms with Crippen LogP contribution in [0.3, 0.4) is 0 Å². The molecule has 1 heterocycles. The van der Waals surface area contributed by atoms with Gasteiger partial charge in [-0.3, -0.25) is 10.1 Å². The molecule has 0 radical (unpaired) electrons. The molecule has 8 heteroatoms. The van der Waals surface area contributed by atoms with Crippen molar-refractivity contribution in [2.24, 2.45) is 0 Å². The van der Waals surface area contributed by atoms with Crippen molar-refractivity contribution in [2.75, 3.05) is 5.32 Å². The molecule has 5 nitrogen and oxygen atoms in total. The molecule has 3 rings (SSSR count). The Morgan fingerprint density at radius 2 is 1.85 bits per heavy atom. The summed E-state index contributed by atoms with van der Waals surface area (Å²) in [6.07, 6.45) is 3.55. The van der Waals surface area contributed by atoms with E-state index in [0.717, 1.165) is 10.6 Å². The highest BCUT2D eigenvalue weighted by Gasteiger charge is 2.07. The number of carbonyl (C=O) groups excluding carboxylic acids is 1. The fraction of sp³-hybridized carbons (Fsp3) is 0.105. The maximum atomic E-state index is 12.1. The Morgan fingerprint density at radius 3 is 2.56 bits per heavy atom. The van der Waals surface area contributed by atoms with Crippen LogP contribution in [0.4, 0.5) is 13.9 Å². The monoisotopic (exact) mass is 387 g/mol. The summed E-state index contributed by atoms with van der Waals surface area (Å²) in [6, 6.07) is 15.8. The number of ether oxygens (including phenoxy) is 1. The Morgan fingerprint density at radius 1 is 1.11 bits per heavy atom. The van der Waals surface area contributed by atoms with Gasteiger partial charge in [0.2, 0.25) is 11.0 Å². The van der Waals surface area contributed by atoms with E-state index in [4.69, 9.17) is 0 Å². The van der Waals surface area contributed by atoms with Gasteiger partial charge < -0.3 is 4.74 Å². The minimum atomic E-state index is -2.86. The summed E-state index contributed by atoms with van der Waals surface area (Å²) in [4.78, 5) is 12.0. The smallest absolute Gasteiger partial charge is 0.387 e. The van der Waals surface area contributed by atoms with Crippen molar-refractivity contribution >= 4 is 28.5 Å². The zero-order valence-electron chi connectivity index (χ0n) is 14.0. The molecule has 0 bridgehead atoms. The zero-order chi connectivity index (χ0) is 19.1. The summed E-state index contributed by atoms with van der Waals surface area (Å²) in [5.41, 5.74) is 1.79. The van der Waals surface area contributed by atoms with E-state index in [1.165, 1.54) is 29.5 Å². The maximum absolute atomic E-state index is 12.1. The molecule has 138 valence electrons. The summed E-state index contributed by atoms with van der Waals surface area (Å²) in [5, 5.41) is 11.9. The number of benzene rings is 2. The number of hydrogen-bond acceptors (Lipinski definition) is 5. The van der Waals surface area contributed by atoms with Crippen molar-refractivity contribution in [1.29, 1.82) is 0 Å². The number of nitrogens with zero attached hydrogens (tertiary/aromatic N) is 2. The number of hydrogen-bond donors (Lipinski definition) is 1. The lowest BCUT2D eigenvalue weighted by atomic mass is 10.2. The van der Waals surface area contributed by atoms with E-state index in [1.807, 2.05) is 30.3 Å². The van der Waals surface area contributed by atoms with Gasteiger partial charge in [0.25, 0.3) is 0 Å². The van der Waals surface area contributed by atoms with Gasteiger partial charge in [-0.15, -0.1) is 10.2 Å². The molecule has 0 saturated carbocycles. The number of nitrogens with one attached hydrogen (secondary N) is 1. The van der Waals surface area contributed by atoms with E-state index in [9.17, 15) is 13.6 Å². The van der Waals surface area contributed by atoms with Gasteiger partial charge >= 0.3 is 6.61 Å². The van der Waals surface area contributed by atoms with Crippen LogP contribution >= 0.6 is 11.3 Å². The van der Waals surface area contributed by atoms with Crippen molar-refractivity contribution in [3.05, 3.63) is 76.8 Å². The molecule has 0 saturated heterocycles. The first-order chi connectivity index (χ1) is 13.1. The van der Waals surface area contributed by atoms with Gasteiger partial charge in [-0.2, -0.15) is 8.78 Å². The number of alkyl halides is 2. The summed E-state index contributed by atoms with van der Waals surface area (Å²) < 4.78 is 28.5. The normalized spacial score (nSPS) is 11.1. The van der Waals surface area contributed by atoms with Crippen LogP contribution in [0.5, 0.6) is 5.75 Å². The average Bonchev–Trinajstić information content (AvgIpc) is 3.08. The Bertz CT molecular complexity index is 912. The SMILES string of the molecule is O=C(/C=C/c1ccc(OC(F)F)cc1)Nc1nnc(Cc2ccccc2)s1. The molecule has 2 aromatic carbocycles. The topological polar surface area (TPSA) is 64.1 Å². The Hall–Kier alpha value is -3.13. The minimum absolute atomic E-state index is 0.0615. The highest BCUT2D eigenvalue weighted by atomic mass is 32.1. The molecule has 0 fully saturated rings. The molecule has 0 aliphatic rings. The predicted octanol–water partition coefficient (Wildman–Crippen LogP) is 4.38. The largest absolute Gasteiger partial charge is 0.435 e. The van der Waals surface area contributed by atoms with Crippen molar-refractivity contribution in [2.45, 2.75) is 13.0 Å². The highest BCUT2D eigenvalue weighted by molar-refractivity contribution is 7.15. The van der Waals surface area contributed by atoms with Crippen LogP contribution in [0.2, 0.25) is 0 Å². The summed E-state index contributed by atoms with van der Waals surface area (Å²) in [6.45, 7) is -2.86. The second-order valence-corrected chi connectivity index (χ2v) is 6.50. The number of anilines is 1. The molecular weight excluding hydrogens is 372 g/mol. The Balaban J connectivity index is 1.54. The van der Waals surface area contributed by atoms with E-state index in [-0.39, 0.29) is 11.7 Å². The molecule has 0 spiro atoms. The molecule has 0 aliphatic heterocycles. The van der Waals surface area contributed by atoms with Gasteiger partial charge in [-0.1, -0.05) is 53.8 Å². The van der Waals surface area contributed by atoms with Crippen molar-refractivity contribution in [3.63, 3.8) is 0 Å². The first-order valence-corrected chi connectivity index (χ1v) is 8.80. The quantitative estimate of drug-likeness (QED) is 0.611. The van der Waals surface area contributed by atoms with Gasteiger partial charge in [-0.25, -0.2) is 0 Å². The molecule has 27 heavy (non-hydrogen) atoms. The molecule has 0 atom stereocenters. The van der Waals surface area contributed by atoms with E-state index >= 15 is 0 Å². The number of aromatic nitrogens is 2. The standard InChI is InChI=1S/C19H15F2N3O2S/c20-18(21)26-15-9-6-13(7-10-15)8-11-16(25)22-19-24-23-17(27-19)12-14-4-2-1-3-5-14/h1-11,18H,12H2,(H,22,24,25)/b11-8+. The van der Waals surface area contributed by atoms with Gasteiger partial charge in [-0.05, 0) is 29.3 Å². The van der Waals surface area contributed by atoms with E-state index in [0.29, 0.717) is 17.1 Å². The maximum Gasteiger partial charge on any atom is 0.387 e. The molecule has 1 amide bonds. The number of halogens is 2. The Labute approximate surface area is 158 Å². The Kier molecular flexibility index (Phi) is 6.22. The number of carbonyl (C=O) groups is 1. The van der Waals surface area contributed by atoms with Crippen LogP contribution in [0.25, 0.3) is 6.08 Å². The number of amides is 1. The summed E-state index contributed by atoms with van der Waals surface area (Å²) in [7, 11) is 0. The first-order valence-electron chi connectivity index (χ1n) is 7.99. The third-order valence-electron chi connectivity index (χ3n) is 3.43. The average molecular weight is 387 g/mol. The van der Waals surface area contributed by atoms with Crippen LogP contribution in [-0.4, -0.2) is 22.7 Å². The lowest BCUT2D eigenvalue weighted by Crippen LogP contribution is -2.07. The highest BCUT2D eigenvalue weighted by Crippen LogP contribution is 2.19.